The molecule has 0 heterocycles. The number of halogens is 1. The monoisotopic (exact) mass is 349 g/mol. The molecule has 0 aromatic heterocycles. The van der Waals surface area contributed by atoms with Gasteiger partial charge in [-0.25, -0.2) is 0 Å². The van der Waals surface area contributed by atoms with Crippen LogP contribution in [0.5, 0.6) is 11.5 Å². The van der Waals surface area contributed by atoms with E-state index in [1.807, 2.05) is 37.3 Å². The van der Waals surface area contributed by atoms with Crippen molar-refractivity contribution in [1.82, 2.24) is 0 Å². The van der Waals surface area contributed by atoms with Gasteiger partial charge in [0.1, 0.15) is 11.5 Å². The summed E-state index contributed by atoms with van der Waals surface area (Å²) in [4.78, 5) is 11.9. The van der Waals surface area contributed by atoms with Crippen molar-refractivity contribution in [1.29, 1.82) is 0 Å². The SMILES string of the molecule is COc1ccc(Br)cc1NC(=O)COc1ccc(C)cc1. The Balaban J connectivity index is 1.95. The summed E-state index contributed by atoms with van der Waals surface area (Å²) in [7, 11) is 1.56. The lowest BCUT2D eigenvalue weighted by molar-refractivity contribution is -0.118. The van der Waals surface area contributed by atoms with Gasteiger partial charge >= 0.3 is 0 Å². The molecule has 110 valence electrons. The number of carbonyl (C=O) groups is 1. The number of hydrogen-bond donors (Lipinski definition) is 1. The van der Waals surface area contributed by atoms with E-state index in [9.17, 15) is 4.79 Å². The summed E-state index contributed by atoms with van der Waals surface area (Å²) in [5.74, 6) is 1.02. The van der Waals surface area contributed by atoms with Crippen molar-refractivity contribution in [3.63, 3.8) is 0 Å². The molecule has 0 spiro atoms. The topological polar surface area (TPSA) is 47.6 Å². The van der Waals surface area contributed by atoms with Gasteiger partial charge in [0.05, 0.1) is 12.8 Å². The molecule has 5 heteroatoms. The predicted molar refractivity (Wildman–Crippen MR) is 86.0 cm³/mol. The van der Waals surface area contributed by atoms with Crippen LogP contribution in [0.25, 0.3) is 0 Å². The van der Waals surface area contributed by atoms with E-state index in [4.69, 9.17) is 9.47 Å². The fraction of sp³-hybridized carbons (Fsp3) is 0.188. The standard InChI is InChI=1S/C16H16BrNO3/c1-11-3-6-13(7-4-11)21-10-16(19)18-14-9-12(17)5-8-15(14)20-2/h3-9H,10H2,1-2H3,(H,18,19). The molecule has 0 bridgehead atoms. The van der Waals surface area contributed by atoms with Gasteiger partial charge in [-0.3, -0.25) is 4.79 Å². The number of methoxy groups -OCH3 is 1. The molecular weight excluding hydrogens is 334 g/mol. The molecular formula is C16H16BrNO3. The first-order valence-electron chi connectivity index (χ1n) is 6.41. The molecule has 0 saturated heterocycles. The van der Waals surface area contributed by atoms with E-state index in [1.54, 1.807) is 19.2 Å². The van der Waals surface area contributed by atoms with Crippen LogP contribution in [0.15, 0.2) is 46.9 Å². The normalized spacial score (nSPS) is 10.0. The number of ether oxygens (including phenoxy) is 2. The molecule has 0 atom stereocenters. The second-order valence-electron chi connectivity index (χ2n) is 4.49. The average Bonchev–Trinajstić information content (AvgIpc) is 2.47. The summed E-state index contributed by atoms with van der Waals surface area (Å²) >= 11 is 3.36. The van der Waals surface area contributed by atoms with Crippen LogP contribution in [0, 0.1) is 6.92 Å². The first-order chi connectivity index (χ1) is 10.1. The van der Waals surface area contributed by atoms with Crippen LogP contribution in [0.3, 0.4) is 0 Å². The Bertz CT molecular complexity index is 626. The van der Waals surface area contributed by atoms with Gasteiger partial charge in [-0.15, -0.1) is 0 Å². The molecule has 1 amide bonds. The van der Waals surface area contributed by atoms with E-state index < -0.39 is 0 Å². The van der Waals surface area contributed by atoms with Gasteiger partial charge in [0.25, 0.3) is 5.91 Å². The number of aryl methyl sites for hydroxylation is 1. The lowest BCUT2D eigenvalue weighted by Gasteiger charge is -2.11. The van der Waals surface area contributed by atoms with Crippen LogP contribution in [0.1, 0.15) is 5.56 Å². The minimum absolute atomic E-state index is 0.0568. The Hall–Kier alpha value is -2.01. The molecule has 1 N–H and O–H groups in total. The molecule has 2 aromatic rings. The van der Waals surface area contributed by atoms with Gasteiger partial charge in [0.2, 0.25) is 0 Å². The van der Waals surface area contributed by atoms with Gasteiger partial charge in [-0.1, -0.05) is 33.6 Å². The molecule has 0 aliphatic heterocycles. The Morgan fingerprint density at radius 3 is 2.57 bits per heavy atom. The van der Waals surface area contributed by atoms with Crippen molar-refractivity contribution in [2.75, 3.05) is 19.0 Å². The van der Waals surface area contributed by atoms with Crippen LogP contribution >= 0.6 is 15.9 Å². The number of nitrogens with one attached hydrogen (secondary N) is 1. The zero-order valence-electron chi connectivity index (χ0n) is 11.9. The highest BCUT2D eigenvalue weighted by atomic mass is 79.9. The maximum Gasteiger partial charge on any atom is 0.262 e. The first-order valence-corrected chi connectivity index (χ1v) is 7.20. The van der Waals surface area contributed by atoms with E-state index >= 15 is 0 Å². The molecule has 0 radical (unpaired) electrons. The molecule has 0 fully saturated rings. The summed E-state index contributed by atoms with van der Waals surface area (Å²) < 4.78 is 11.5. The van der Waals surface area contributed by atoms with Gasteiger partial charge in [0.15, 0.2) is 6.61 Å². The summed E-state index contributed by atoms with van der Waals surface area (Å²) in [6.45, 7) is 1.94. The fourth-order valence-corrected chi connectivity index (χ4v) is 2.11. The Morgan fingerprint density at radius 1 is 1.19 bits per heavy atom. The molecule has 2 rings (SSSR count). The van der Waals surface area contributed by atoms with Gasteiger partial charge < -0.3 is 14.8 Å². The molecule has 0 aliphatic carbocycles. The fourth-order valence-electron chi connectivity index (χ4n) is 1.75. The quantitative estimate of drug-likeness (QED) is 0.893. The lowest BCUT2D eigenvalue weighted by atomic mass is 10.2. The van der Waals surface area contributed by atoms with Gasteiger partial charge in [-0.2, -0.15) is 0 Å². The molecule has 0 saturated carbocycles. The minimum atomic E-state index is -0.244. The molecule has 0 aliphatic rings. The number of anilines is 1. The second-order valence-corrected chi connectivity index (χ2v) is 5.41. The highest BCUT2D eigenvalue weighted by Gasteiger charge is 2.09. The van der Waals surface area contributed by atoms with E-state index in [0.717, 1.165) is 10.0 Å². The van der Waals surface area contributed by atoms with Crippen LogP contribution in [0.2, 0.25) is 0 Å². The third kappa shape index (κ3) is 4.49. The summed E-state index contributed by atoms with van der Waals surface area (Å²) in [5.41, 5.74) is 1.75. The van der Waals surface area contributed by atoms with Crippen molar-refractivity contribution in [3.8, 4) is 11.5 Å². The third-order valence-corrected chi connectivity index (χ3v) is 3.32. The number of hydrogen-bond acceptors (Lipinski definition) is 3. The molecule has 21 heavy (non-hydrogen) atoms. The first kappa shape index (κ1) is 15.4. The zero-order valence-corrected chi connectivity index (χ0v) is 13.4. The molecule has 4 nitrogen and oxygen atoms in total. The van der Waals surface area contributed by atoms with Crippen molar-refractivity contribution < 1.29 is 14.3 Å². The Labute approximate surface area is 132 Å². The van der Waals surface area contributed by atoms with Gasteiger partial charge in [-0.05, 0) is 37.3 Å². The highest BCUT2D eigenvalue weighted by molar-refractivity contribution is 9.10. The van der Waals surface area contributed by atoms with Crippen molar-refractivity contribution >= 4 is 27.5 Å². The van der Waals surface area contributed by atoms with Crippen LogP contribution in [-0.2, 0) is 4.79 Å². The third-order valence-electron chi connectivity index (χ3n) is 2.83. The van der Waals surface area contributed by atoms with E-state index in [1.165, 1.54) is 0 Å². The number of carbonyl (C=O) groups excluding carboxylic acids is 1. The van der Waals surface area contributed by atoms with Crippen LogP contribution in [-0.4, -0.2) is 19.6 Å². The zero-order chi connectivity index (χ0) is 15.2. The van der Waals surface area contributed by atoms with Crippen LogP contribution < -0.4 is 14.8 Å². The smallest absolute Gasteiger partial charge is 0.262 e. The highest BCUT2D eigenvalue weighted by Crippen LogP contribution is 2.27. The number of rotatable bonds is 5. The average molecular weight is 350 g/mol. The van der Waals surface area contributed by atoms with E-state index in [2.05, 4.69) is 21.2 Å². The molecule has 0 unspecified atom stereocenters. The van der Waals surface area contributed by atoms with Crippen LogP contribution in [0.4, 0.5) is 5.69 Å². The summed E-state index contributed by atoms with van der Waals surface area (Å²) in [6, 6.07) is 12.9. The molecule has 2 aromatic carbocycles. The lowest BCUT2D eigenvalue weighted by Crippen LogP contribution is -2.20. The maximum absolute atomic E-state index is 11.9. The van der Waals surface area contributed by atoms with Crippen molar-refractivity contribution in [3.05, 3.63) is 52.5 Å². The maximum atomic E-state index is 11.9. The second kappa shape index (κ2) is 7.13. The number of benzene rings is 2. The van der Waals surface area contributed by atoms with E-state index in [-0.39, 0.29) is 12.5 Å². The largest absolute Gasteiger partial charge is 0.495 e. The number of amides is 1. The Kier molecular flexibility index (Phi) is 5.22. The summed E-state index contributed by atoms with van der Waals surface area (Å²) in [5, 5.41) is 2.76. The predicted octanol–water partition coefficient (Wildman–Crippen LogP) is 3.78. The van der Waals surface area contributed by atoms with Crippen molar-refractivity contribution in [2.45, 2.75) is 6.92 Å². The van der Waals surface area contributed by atoms with E-state index in [0.29, 0.717) is 17.2 Å². The van der Waals surface area contributed by atoms with Crippen molar-refractivity contribution in [2.24, 2.45) is 0 Å². The Morgan fingerprint density at radius 2 is 1.90 bits per heavy atom. The summed E-state index contributed by atoms with van der Waals surface area (Å²) in [6.07, 6.45) is 0. The minimum Gasteiger partial charge on any atom is -0.495 e. The van der Waals surface area contributed by atoms with Gasteiger partial charge in [0, 0.05) is 4.47 Å².